The molecule has 3 aliphatic rings. The van der Waals surface area contributed by atoms with Gasteiger partial charge >= 0.3 is 0 Å². The highest BCUT2D eigenvalue weighted by atomic mass is 127. The molecule has 1 aromatic rings. The number of ether oxygens (including phenoxy) is 1. The molecule has 0 radical (unpaired) electrons. The van der Waals surface area contributed by atoms with Crippen LogP contribution in [-0.2, 0) is 0 Å². The van der Waals surface area contributed by atoms with E-state index in [0.717, 1.165) is 10.1 Å². The Morgan fingerprint density at radius 1 is 1.45 bits per heavy atom. The Kier molecular flexibility index (Phi) is 5.03. The van der Waals surface area contributed by atoms with E-state index < -0.39 is 0 Å². The Hall–Kier alpha value is -1.08. The summed E-state index contributed by atoms with van der Waals surface area (Å²) in [7, 11) is 0. The second-order valence-corrected chi connectivity index (χ2v) is 7.20. The van der Waals surface area contributed by atoms with Crippen molar-refractivity contribution in [2.75, 3.05) is 26.2 Å². The molecule has 0 spiro atoms. The third kappa shape index (κ3) is 3.46. The Bertz CT molecular complexity index is 568. The van der Waals surface area contributed by atoms with Gasteiger partial charge in [-0.15, -0.1) is 0 Å². The molecule has 2 bridgehead atoms. The summed E-state index contributed by atoms with van der Waals surface area (Å²) in [6.45, 7) is 7.38. The fourth-order valence-electron chi connectivity index (χ4n) is 3.33. The van der Waals surface area contributed by atoms with E-state index in [0.29, 0.717) is 23.8 Å². The minimum absolute atomic E-state index is 0.0312. The van der Waals surface area contributed by atoms with E-state index in [-0.39, 0.29) is 11.9 Å². The van der Waals surface area contributed by atoms with Crippen LogP contribution in [-0.4, -0.2) is 43.1 Å². The molecular formula is C17H21IN2O2. The van der Waals surface area contributed by atoms with Crippen LogP contribution in [0.15, 0.2) is 30.9 Å². The normalized spacial score (nSPS) is 26.5. The van der Waals surface area contributed by atoms with Gasteiger partial charge in [0.1, 0.15) is 12.4 Å². The van der Waals surface area contributed by atoms with Crippen molar-refractivity contribution in [2.24, 2.45) is 5.92 Å². The molecule has 3 saturated heterocycles. The van der Waals surface area contributed by atoms with Gasteiger partial charge in [0.05, 0.1) is 5.56 Å². The number of piperidine rings is 3. The van der Waals surface area contributed by atoms with Gasteiger partial charge in [0.2, 0.25) is 0 Å². The van der Waals surface area contributed by atoms with Crippen LogP contribution < -0.4 is 10.1 Å². The lowest BCUT2D eigenvalue weighted by Crippen LogP contribution is -2.57. The number of rotatable bonds is 5. The van der Waals surface area contributed by atoms with Gasteiger partial charge in [0, 0.05) is 16.2 Å². The zero-order valence-corrected chi connectivity index (χ0v) is 14.7. The smallest absolute Gasteiger partial charge is 0.255 e. The van der Waals surface area contributed by atoms with E-state index in [1.807, 2.05) is 18.2 Å². The summed E-state index contributed by atoms with van der Waals surface area (Å²) in [6, 6.07) is 5.95. The summed E-state index contributed by atoms with van der Waals surface area (Å²) in [4.78, 5) is 15.1. The number of halogens is 1. The van der Waals surface area contributed by atoms with Gasteiger partial charge in [-0.25, -0.2) is 0 Å². The van der Waals surface area contributed by atoms with Crippen LogP contribution in [0, 0.1) is 9.49 Å². The largest absolute Gasteiger partial charge is 0.489 e. The summed E-state index contributed by atoms with van der Waals surface area (Å²) in [6.07, 6.45) is 4.07. The van der Waals surface area contributed by atoms with Crippen molar-refractivity contribution in [1.29, 1.82) is 0 Å². The van der Waals surface area contributed by atoms with E-state index in [4.69, 9.17) is 4.74 Å². The first kappa shape index (κ1) is 15.8. The molecule has 3 fully saturated rings. The van der Waals surface area contributed by atoms with Crippen LogP contribution in [0.5, 0.6) is 5.75 Å². The number of fused-ring (bicyclic) bond motifs is 3. The molecule has 1 unspecified atom stereocenters. The first-order valence-corrected chi connectivity index (χ1v) is 8.81. The van der Waals surface area contributed by atoms with Crippen molar-refractivity contribution in [3.63, 3.8) is 0 Å². The molecule has 0 aromatic heterocycles. The average molecular weight is 412 g/mol. The molecule has 1 amide bonds. The summed E-state index contributed by atoms with van der Waals surface area (Å²) < 4.78 is 6.65. The van der Waals surface area contributed by atoms with Gasteiger partial charge < -0.3 is 15.0 Å². The molecule has 4 rings (SSSR count). The Labute approximate surface area is 145 Å². The molecule has 118 valence electrons. The number of benzene rings is 1. The number of nitrogens with one attached hydrogen (secondary N) is 1. The fraction of sp³-hybridized carbons (Fsp3) is 0.471. The molecule has 3 heterocycles. The van der Waals surface area contributed by atoms with Gasteiger partial charge in [-0.1, -0.05) is 12.7 Å². The lowest BCUT2D eigenvalue weighted by molar-refractivity contribution is 0.0618. The standard InChI is InChI=1S/C17H21IN2O2/c1-2-9-22-16-4-3-13(18)10-14(16)17(21)19-15-11-20-7-5-12(15)6-8-20/h2-4,10,12,15H,1,5-9,11H2,(H,19,21). The highest BCUT2D eigenvalue weighted by molar-refractivity contribution is 14.1. The number of hydrogen-bond acceptors (Lipinski definition) is 3. The SMILES string of the molecule is C=CCOc1ccc(I)cc1C(=O)NC1CN2CCC1CC2. The van der Waals surface area contributed by atoms with Crippen LogP contribution in [0.2, 0.25) is 0 Å². The zero-order valence-electron chi connectivity index (χ0n) is 12.6. The third-order valence-electron chi connectivity index (χ3n) is 4.52. The maximum absolute atomic E-state index is 12.7. The number of amides is 1. The minimum atomic E-state index is -0.0312. The van der Waals surface area contributed by atoms with Gasteiger partial charge in [-0.2, -0.15) is 0 Å². The lowest BCUT2D eigenvalue weighted by atomic mass is 9.84. The zero-order chi connectivity index (χ0) is 15.5. The summed E-state index contributed by atoms with van der Waals surface area (Å²) >= 11 is 2.22. The fourth-order valence-corrected chi connectivity index (χ4v) is 3.82. The average Bonchev–Trinajstić information content (AvgIpc) is 2.54. The van der Waals surface area contributed by atoms with Crippen LogP contribution >= 0.6 is 22.6 Å². The van der Waals surface area contributed by atoms with E-state index >= 15 is 0 Å². The van der Waals surface area contributed by atoms with Crippen molar-refractivity contribution in [3.05, 3.63) is 40.0 Å². The number of hydrogen-bond donors (Lipinski definition) is 1. The molecule has 22 heavy (non-hydrogen) atoms. The molecule has 0 saturated carbocycles. The number of carbonyl (C=O) groups excluding carboxylic acids is 1. The highest BCUT2D eigenvalue weighted by Gasteiger charge is 2.35. The van der Waals surface area contributed by atoms with E-state index in [1.54, 1.807) is 6.08 Å². The van der Waals surface area contributed by atoms with E-state index in [9.17, 15) is 4.79 Å². The molecule has 0 aliphatic carbocycles. The van der Waals surface area contributed by atoms with Gasteiger partial charge in [0.15, 0.2) is 0 Å². The predicted octanol–water partition coefficient (Wildman–Crippen LogP) is 2.68. The van der Waals surface area contributed by atoms with Crippen LogP contribution in [0.1, 0.15) is 23.2 Å². The highest BCUT2D eigenvalue weighted by Crippen LogP contribution is 2.28. The third-order valence-corrected chi connectivity index (χ3v) is 5.19. The monoisotopic (exact) mass is 412 g/mol. The first-order chi connectivity index (χ1) is 10.7. The van der Waals surface area contributed by atoms with Gasteiger partial charge in [-0.3, -0.25) is 4.79 Å². The summed E-state index contributed by atoms with van der Waals surface area (Å²) in [5.74, 6) is 1.21. The quantitative estimate of drug-likeness (QED) is 0.598. The molecule has 5 heteroatoms. The van der Waals surface area contributed by atoms with Crippen LogP contribution in [0.3, 0.4) is 0 Å². The van der Waals surface area contributed by atoms with Crippen molar-refractivity contribution in [3.8, 4) is 5.75 Å². The maximum Gasteiger partial charge on any atom is 0.255 e. The Morgan fingerprint density at radius 2 is 2.23 bits per heavy atom. The summed E-state index contributed by atoms with van der Waals surface area (Å²) in [5, 5.41) is 3.22. The predicted molar refractivity (Wildman–Crippen MR) is 95.3 cm³/mol. The first-order valence-electron chi connectivity index (χ1n) is 7.74. The minimum Gasteiger partial charge on any atom is -0.489 e. The Balaban J connectivity index is 1.73. The number of nitrogens with zero attached hydrogens (tertiary/aromatic N) is 1. The molecular weight excluding hydrogens is 391 g/mol. The van der Waals surface area contributed by atoms with Crippen molar-refractivity contribution >= 4 is 28.5 Å². The molecule has 1 aromatic carbocycles. The second kappa shape index (κ2) is 7.00. The molecule has 3 aliphatic heterocycles. The topological polar surface area (TPSA) is 41.6 Å². The van der Waals surface area contributed by atoms with E-state index in [2.05, 4.69) is 39.4 Å². The van der Waals surface area contributed by atoms with Crippen LogP contribution in [0.25, 0.3) is 0 Å². The van der Waals surface area contributed by atoms with Crippen molar-refractivity contribution < 1.29 is 9.53 Å². The Morgan fingerprint density at radius 3 is 2.86 bits per heavy atom. The van der Waals surface area contributed by atoms with Gasteiger partial charge in [-0.05, 0) is 72.6 Å². The molecule has 4 nitrogen and oxygen atoms in total. The molecule has 1 atom stereocenters. The number of carbonyl (C=O) groups is 1. The summed E-state index contributed by atoms with van der Waals surface area (Å²) in [5.41, 5.74) is 0.616. The van der Waals surface area contributed by atoms with Crippen molar-refractivity contribution in [2.45, 2.75) is 18.9 Å². The molecule has 1 N–H and O–H groups in total. The maximum atomic E-state index is 12.7. The van der Waals surface area contributed by atoms with Crippen molar-refractivity contribution in [1.82, 2.24) is 10.2 Å². The second-order valence-electron chi connectivity index (χ2n) is 5.96. The lowest BCUT2D eigenvalue weighted by Gasteiger charge is -2.44. The van der Waals surface area contributed by atoms with Gasteiger partial charge in [0.25, 0.3) is 5.91 Å². The van der Waals surface area contributed by atoms with Crippen LogP contribution in [0.4, 0.5) is 0 Å². The van der Waals surface area contributed by atoms with E-state index in [1.165, 1.54) is 25.9 Å².